The van der Waals surface area contributed by atoms with E-state index in [9.17, 15) is 26.3 Å². The molecule has 0 aliphatic carbocycles. The van der Waals surface area contributed by atoms with Gasteiger partial charge < -0.3 is 9.13 Å². The molecule has 0 saturated carbocycles. The maximum atomic E-state index is 10.8. The number of nitrogens with zero attached hydrogens (tertiary/aromatic N) is 10. The Kier molecular flexibility index (Phi) is 6.59. The van der Waals surface area contributed by atoms with E-state index in [1.807, 2.05) is 39.5 Å². The summed E-state index contributed by atoms with van der Waals surface area (Å²) in [6.45, 7) is 3.56. The van der Waals surface area contributed by atoms with Gasteiger partial charge in [0, 0.05) is 27.1 Å². The zero-order chi connectivity index (χ0) is 34.7. The molecule has 0 amide bonds. The minimum Gasteiger partial charge on any atom is -0.308 e. The zero-order valence-electron chi connectivity index (χ0n) is 26.6. The van der Waals surface area contributed by atoms with Gasteiger partial charge in [-0.1, -0.05) is 24.3 Å². The van der Waals surface area contributed by atoms with Crippen molar-refractivity contribution in [3.63, 3.8) is 0 Å². The molecule has 10 heteroatoms. The minimum absolute atomic E-state index is 0.289. The molecule has 0 spiro atoms. The maximum Gasteiger partial charge on any atom is 0.165 e. The molecule has 50 heavy (non-hydrogen) atoms. The number of nitriles is 5. The van der Waals surface area contributed by atoms with E-state index in [0.717, 1.165) is 21.5 Å². The van der Waals surface area contributed by atoms with Crippen molar-refractivity contribution in [3.8, 4) is 53.1 Å². The third-order valence-corrected chi connectivity index (χ3v) is 8.87. The van der Waals surface area contributed by atoms with Crippen LogP contribution in [0.15, 0.2) is 84.9 Å². The Labute approximate surface area is 284 Å². The molecule has 0 saturated heterocycles. The predicted molar refractivity (Wildman–Crippen MR) is 187 cm³/mol. The largest absolute Gasteiger partial charge is 0.308 e. The molecule has 0 bridgehead atoms. The van der Waals surface area contributed by atoms with Crippen molar-refractivity contribution in [1.29, 1.82) is 26.3 Å². The van der Waals surface area contributed by atoms with Gasteiger partial charge in [0.1, 0.15) is 17.7 Å². The Balaban J connectivity index is 1.58. The van der Waals surface area contributed by atoms with Crippen LogP contribution >= 0.6 is 0 Å². The summed E-state index contributed by atoms with van der Waals surface area (Å²) < 4.78 is 3.83. The van der Waals surface area contributed by atoms with Crippen molar-refractivity contribution in [2.75, 3.05) is 0 Å². The summed E-state index contributed by atoms with van der Waals surface area (Å²) in [6.07, 6.45) is 0. The first-order chi connectivity index (χ1) is 24.3. The van der Waals surface area contributed by atoms with Crippen molar-refractivity contribution in [2.45, 2.75) is 13.8 Å². The van der Waals surface area contributed by atoms with Crippen molar-refractivity contribution >= 4 is 43.6 Å². The normalized spacial score (nSPS) is 10.9. The number of aromatic nitrogens is 5. The van der Waals surface area contributed by atoms with Crippen LogP contribution < -0.4 is 0 Å². The average molecular weight is 641 g/mol. The Hall–Kier alpha value is -7.84. The van der Waals surface area contributed by atoms with Gasteiger partial charge in [-0.2, -0.15) is 26.3 Å². The van der Waals surface area contributed by atoms with Crippen LogP contribution in [0.2, 0.25) is 0 Å². The van der Waals surface area contributed by atoms with E-state index < -0.39 is 0 Å². The van der Waals surface area contributed by atoms with E-state index in [0.29, 0.717) is 78.7 Å². The van der Waals surface area contributed by atoms with Gasteiger partial charge in [-0.3, -0.25) is 0 Å². The molecule has 0 N–H and O–H groups in total. The Bertz CT molecular complexity index is 2850. The van der Waals surface area contributed by atoms with E-state index in [1.165, 1.54) is 0 Å². The minimum atomic E-state index is 0.289. The monoisotopic (exact) mass is 640 g/mol. The fourth-order valence-electron chi connectivity index (χ4n) is 6.79. The third kappa shape index (κ3) is 4.41. The van der Waals surface area contributed by atoms with Crippen molar-refractivity contribution < 1.29 is 0 Å². The molecular formula is C40H20N10. The molecule has 10 nitrogen and oxygen atoms in total. The molecule has 0 fully saturated rings. The van der Waals surface area contributed by atoms with Crippen LogP contribution in [-0.4, -0.2) is 24.1 Å². The third-order valence-electron chi connectivity index (χ3n) is 8.87. The van der Waals surface area contributed by atoms with Gasteiger partial charge in [0.15, 0.2) is 5.82 Å². The second kappa shape index (κ2) is 11.2. The Morgan fingerprint density at radius 1 is 0.440 bits per heavy atom. The van der Waals surface area contributed by atoms with Crippen molar-refractivity contribution in [3.05, 3.63) is 124 Å². The van der Waals surface area contributed by atoms with Crippen LogP contribution in [0.3, 0.4) is 0 Å². The van der Waals surface area contributed by atoms with E-state index in [2.05, 4.69) is 35.3 Å². The summed E-state index contributed by atoms with van der Waals surface area (Å²) in [5, 5.41) is 53.6. The Morgan fingerprint density at radius 2 is 0.820 bits per heavy atom. The summed E-state index contributed by atoms with van der Waals surface area (Å²) in [6, 6.07) is 36.5. The predicted octanol–water partition coefficient (Wildman–Crippen LogP) is 7.71. The lowest BCUT2D eigenvalue weighted by atomic mass is 10.0. The molecule has 8 rings (SSSR count). The van der Waals surface area contributed by atoms with E-state index in [1.54, 1.807) is 68.4 Å². The summed E-state index contributed by atoms with van der Waals surface area (Å²) in [5.74, 6) is 1.36. The highest BCUT2D eigenvalue weighted by atomic mass is 15.1. The lowest BCUT2D eigenvalue weighted by Gasteiger charge is -2.18. The molecule has 8 aromatic rings. The molecule has 0 radical (unpaired) electrons. The lowest BCUT2D eigenvalue weighted by molar-refractivity contribution is 0.926. The van der Waals surface area contributed by atoms with E-state index >= 15 is 0 Å². The van der Waals surface area contributed by atoms with Crippen LogP contribution in [-0.2, 0) is 0 Å². The fourth-order valence-corrected chi connectivity index (χ4v) is 6.79. The SMILES string of the molecule is Cc1nc(C)nc(-c2cc(-n3c4cc(C#N)ccc4c4ccc(C#N)cc43)c(C#N)cc2-n2c3cc(C#N)ccc3c3ccc(C#N)cc32)n1. The number of hydrogen-bond acceptors (Lipinski definition) is 8. The van der Waals surface area contributed by atoms with E-state index in [-0.39, 0.29) is 5.56 Å². The quantitative estimate of drug-likeness (QED) is 0.189. The van der Waals surface area contributed by atoms with Crippen molar-refractivity contribution in [1.82, 2.24) is 24.1 Å². The molecule has 3 aromatic heterocycles. The fraction of sp³-hybridized carbons (Fsp3) is 0.0500. The van der Waals surface area contributed by atoms with Gasteiger partial charge in [0.2, 0.25) is 0 Å². The highest BCUT2D eigenvalue weighted by molar-refractivity contribution is 6.12. The average Bonchev–Trinajstić information content (AvgIpc) is 3.64. The summed E-state index contributed by atoms with van der Waals surface area (Å²) in [7, 11) is 0. The topological polar surface area (TPSA) is 167 Å². The maximum absolute atomic E-state index is 10.8. The molecule has 3 heterocycles. The van der Waals surface area contributed by atoms with Crippen LogP contribution in [0.1, 0.15) is 39.5 Å². The molecular weight excluding hydrogens is 621 g/mol. The van der Waals surface area contributed by atoms with Gasteiger partial charge >= 0.3 is 0 Å². The number of rotatable bonds is 3. The smallest absolute Gasteiger partial charge is 0.165 e. The molecule has 230 valence electrons. The second-order valence-electron chi connectivity index (χ2n) is 11.8. The first-order valence-corrected chi connectivity index (χ1v) is 15.4. The number of hydrogen-bond donors (Lipinski definition) is 0. The van der Waals surface area contributed by atoms with Crippen LogP contribution in [0.5, 0.6) is 0 Å². The lowest BCUT2D eigenvalue weighted by Crippen LogP contribution is -2.07. The number of fused-ring (bicyclic) bond motifs is 6. The zero-order valence-corrected chi connectivity index (χ0v) is 26.6. The summed E-state index contributed by atoms with van der Waals surface area (Å²) >= 11 is 0. The highest BCUT2D eigenvalue weighted by Crippen LogP contribution is 2.40. The standard InChI is InChI=1S/C40H20N10/c1-22-46-23(2)48-40(47-22)33-16-34(49-35-11-24(17-41)3-7-29(35)30-8-4-25(18-42)12-36(30)49)28(21-45)15-39(33)50-37-13-26(19-43)5-9-31(37)32-10-6-27(20-44)14-38(32)50/h3-16H,1-2H3. The van der Waals surface area contributed by atoms with Crippen LogP contribution in [0.25, 0.3) is 66.4 Å². The van der Waals surface area contributed by atoms with Crippen LogP contribution in [0.4, 0.5) is 0 Å². The molecule has 0 aliphatic heterocycles. The van der Waals surface area contributed by atoms with Crippen molar-refractivity contribution in [2.24, 2.45) is 0 Å². The van der Waals surface area contributed by atoms with Gasteiger partial charge in [0.05, 0.1) is 85.5 Å². The van der Waals surface area contributed by atoms with Gasteiger partial charge in [-0.15, -0.1) is 0 Å². The first-order valence-electron chi connectivity index (χ1n) is 15.4. The Morgan fingerprint density at radius 3 is 1.18 bits per heavy atom. The highest BCUT2D eigenvalue weighted by Gasteiger charge is 2.24. The number of aryl methyl sites for hydroxylation is 2. The first kappa shape index (κ1) is 29.6. The van der Waals surface area contributed by atoms with Gasteiger partial charge in [-0.05, 0) is 74.5 Å². The molecule has 0 unspecified atom stereocenters. The summed E-state index contributed by atoms with van der Waals surface area (Å²) in [5.41, 5.74) is 6.41. The molecule has 5 aromatic carbocycles. The summed E-state index contributed by atoms with van der Waals surface area (Å²) in [4.78, 5) is 13.9. The number of benzene rings is 5. The second-order valence-corrected chi connectivity index (χ2v) is 11.8. The van der Waals surface area contributed by atoms with Gasteiger partial charge in [-0.25, -0.2) is 15.0 Å². The van der Waals surface area contributed by atoms with E-state index in [4.69, 9.17) is 9.97 Å². The van der Waals surface area contributed by atoms with Gasteiger partial charge in [0.25, 0.3) is 0 Å². The molecule has 0 atom stereocenters. The molecule has 0 aliphatic rings. The van der Waals surface area contributed by atoms with Crippen LogP contribution in [0, 0.1) is 70.5 Å².